The maximum absolute atomic E-state index is 16.6. The lowest BCUT2D eigenvalue weighted by Crippen LogP contribution is -2.82. The summed E-state index contributed by atoms with van der Waals surface area (Å²) in [7, 11) is -5.65. The summed E-state index contributed by atoms with van der Waals surface area (Å²) >= 11 is 0. The minimum Gasteiger partial charge on any atom is -0.456 e. The molecule has 11 atom stereocenters. The van der Waals surface area contributed by atoms with Gasteiger partial charge in [-0.05, 0) is 99.6 Å². The Hall–Kier alpha value is -4.21. The normalized spacial score (nSPS) is 29.6. The Morgan fingerprint density at radius 3 is 1.92 bits per heavy atom. The van der Waals surface area contributed by atoms with E-state index >= 15 is 9.59 Å². The molecule has 0 unspecified atom stereocenters. The van der Waals surface area contributed by atoms with Gasteiger partial charge >= 0.3 is 30.0 Å². The predicted octanol–water partition coefficient (Wildman–Crippen LogP) is 10.3. The zero-order valence-electron chi connectivity index (χ0n) is 48.3. The number of ether oxygens (including phenoxy) is 6. The summed E-state index contributed by atoms with van der Waals surface area (Å²) in [4.78, 5) is 87.9. The molecule has 3 fully saturated rings. The van der Waals surface area contributed by atoms with Gasteiger partial charge in [-0.25, -0.2) is 14.4 Å². The first-order chi connectivity index (χ1) is 34.7. The number of carbonyl (C=O) groups is 6. The number of esters is 4. The van der Waals surface area contributed by atoms with E-state index in [1.807, 2.05) is 0 Å². The molecule has 4 aliphatic rings. The number of hydrogen-bond acceptors (Lipinski definition) is 15. The van der Waals surface area contributed by atoms with E-state index in [-0.39, 0.29) is 40.8 Å². The van der Waals surface area contributed by atoms with Crippen LogP contribution in [0.5, 0.6) is 0 Å². The number of hydrogen-bond donors (Lipinski definition) is 2. The summed E-state index contributed by atoms with van der Waals surface area (Å²) in [5.74, 6) is -5.30. The van der Waals surface area contributed by atoms with Crippen LogP contribution in [0, 0.1) is 16.7 Å². The van der Waals surface area contributed by atoms with Gasteiger partial charge in [-0.3, -0.25) is 14.4 Å². The molecule has 0 aromatic heterocycles. The summed E-state index contributed by atoms with van der Waals surface area (Å²) in [5.41, 5.74) is -7.85. The SMILES string of the molecule is C/C=C/[C@H](NC(=O)OC(C)(C)C)[C@@H](O[Si](C(C)C)(C(C)C)C(C)C)C(=O)O[C@H]1C[C@@]2(O)[C@@H](OC(=O)c3ccccc3)[C@@H]3[C@]4(OC(C)=O)CO[C@@H]4C[C@H](O[Si](CC)(CC)CC)[C@@]3(C)C(=O)[C@H](OC(C)=O)C(=C1C)C2(C)C. The van der Waals surface area contributed by atoms with Crippen LogP contribution in [-0.2, 0) is 56.5 Å². The highest BCUT2D eigenvalue weighted by Gasteiger charge is 2.79. The highest BCUT2D eigenvalue weighted by atomic mass is 28.4. The Kier molecular flexibility index (Phi) is 18.9. The van der Waals surface area contributed by atoms with E-state index in [4.69, 9.17) is 37.3 Å². The Morgan fingerprint density at radius 2 is 1.45 bits per heavy atom. The molecule has 2 N–H and O–H groups in total. The van der Waals surface area contributed by atoms with Gasteiger partial charge in [0, 0.05) is 32.1 Å². The largest absolute Gasteiger partial charge is 0.456 e. The Morgan fingerprint density at radius 1 is 0.880 bits per heavy atom. The van der Waals surface area contributed by atoms with E-state index in [1.54, 1.807) is 97.9 Å². The third-order valence-electron chi connectivity index (χ3n) is 17.4. The van der Waals surface area contributed by atoms with Crippen molar-refractivity contribution < 1.29 is 71.1 Å². The van der Waals surface area contributed by atoms with Crippen LogP contribution in [0.4, 0.5) is 4.79 Å². The number of aliphatic hydroxyl groups is 1. The molecule has 75 heavy (non-hydrogen) atoms. The van der Waals surface area contributed by atoms with E-state index in [1.165, 1.54) is 13.8 Å². The van der Waals surface area contributed by atoms with Gasteiger partial charge in [-0.2, -0.15) is 0 Å². The zero-order valence-corrected chi connectivity index (χ0v) is 50.3. The number of rotatable bonds is 19. The van der Waals surface area contributed by atoms with E-state index in [9.17, 15) is 24.3 Å². The summed E-state index contributed by atoms with van der Waals surface area (Å²) in [5, 5.41) is 17.3. The molecule has 2 saturated carbocycles. The molecule has 2 bridgehead atoms. The maximum Gasteiger partial charge on any atom is 0.408 e. The molecule has 0 spiro atoms. The number of carbonyl (C=O) groups excluding carboxylic acids is 6. The van der Waals surface area contributed by atoms with Crippen LogP contribution in [0.15, 0.2) is 53.6 Å². The first-order valence-corrected chi connectivity index (χ1v) is 31.8. The Bertz CT molecular complexity index is 2310. The van der Waals surface area contributed by atoms with Gasteiger partial charge in [-0.15, -0.1) is 0 Å². The van der Waals surface area contributed by atoms with Gasteiger partial charge in [0.05, 0.1) is 35.6 Å². The van der Waals surface area contributed by atoms with E-state index in [0.717, 1.165) is 0 Å². The quantitative estimate of drug-likeness (QED) is 0.0572. The minimum absolute atomic E-state index is 0.0240. The number of Topliss-reactive ketones (excluding diaryl/α,β-unsaturated/α-hetero) is 1. The van der Waals surface area contributed by atoms with Gasteiger partial charge in [0.1, 0.15) is 29.5 Å². The van der Waals surface area contributed by atoms with Crippen molar-refractivity contribution in [1.29, 1.82) is 0 Å². The molecule has 1 aromatic rings. The van der Waals surface area contributed by atoms with Crippen molar-refractivity contribution >= 4 is 52.4 Å². The third-order valence-corrected chi connectivity index (χ3v) is 28.1. The van der Waals surface area contributed by atoms with Crippen molar-refractivity contribution in [3.05, 3.63) is 59.2 Å². The molecule has 420 valence electrons. The number of amides is 1. The van der Waals surface area contributed by atoms with Gasteiger partial charge in [0.2, 0.25) is 8.32 Å². The highest BCUT2D eigenvalue weighted by molar-refractivity contribution is 6.77. The summed E-state index contributed by atoms with van der Waals surface area (Å²) in [6, 6.07) is 9.18. The number of benzene rings is 1. The summed E-state index contributed by atoms with van der Waals surface area (Å²) < 4.78 is 52.8. The van der Waals surface area contributed by atoms with Crippen LogP contribution in [0.2, 0.25) is 34.8 Å². The van der Waals surface area contributed by atoms with Crippen LogP contribution in [0.25, 0.3) is 0 Å². The Labute approximate surface area is 448 Å². The lowest BCUT2D eigenvalue weighted by Gasteiger charge is -2.68. The third kappa shape index (κ3) is 11.4. The van der Waals surface area contributed by atoms with Crippen LogP contribution in [-0.4, -0.2) is 124 Å². The van der Waals surface area contributed by atoms with Crippen LogP contribution in [0.3, 0.4) is 0 Å². The molecule has 3 aliphatic carbocycles. The molecule has 18 heteroatoms. The van der Waals surface area contributed by atoms with Gasteiger partial charge < -0.3 is 47.7 Å². The number of ketones is 1. The van der Waals surface area contributed by atoms with Crippen molar-refractivity contribution in [2.24, 2.45) is 16.7 Å². The topological polar surface area (TPSA) is 209 Å². The first-order valence-electron chi connectivity index (χ1n) is 27.1. The second-order valence-corrected chi connectivity index (χ2v) is 34.2. The fourth-order valence-corrected chi connectivity index (χ4v) is 21.9. The number of allylic oxidation sites excluding steroid dienone is 1. The lowest BCUT2D eigenvalue weighted by atomic mass is 9.44. The van der Waals surface area contributed by atoms with Crippen LogP contribution >= 0.6 is 0 Å². The Balaban J connectivity index is 1.88. The zero-order chi connectivity index (χ0) is 56.6. The molecule has 1 aliphatic heterocycles. The number of fused-ring (bicyclic) bond motifs is 5. The predicted molar refractivity (Wildman–Crippen MR) is 289 cm³/mol. The summed E-state index contributed by atoms with van der Waals surface area (Å²) in [6.07, 6.45) is -6.00. The molecule has 1 aromatic carbocycles. The fourth-order valence-electron chi connectivity index (χ4n) is 13.4. The molecule has 0 radical (unpaired) electrons. The first kappa shape index (κ1) is 61.6. The van der Waals surface area contributed by atoms with Gasteiger partial charge in [0.15, 0.2) is 31.9 Å². The molecule has 16 nitrogen and oxygen atoms in total. The van der Waals surface area contributed by atoms with E-state index in [2.05, 4.69) is 67.6 Å². The molecular weight excluding hydrogens is 995 g/mol. The lowest BCUT2D eigenvalue weighted by molar-refractivity contribution is -0.344. The average Bonchev–Trinajstić information content (AvgIpc) is 3.30. The second-order valence-electron chi connectivity index (χ2n) is 24.1. The number of alkyl carbamates (subject to hydrolysis) is 1. The molecule has 1 amide bonds. The fraction of sp³-hybridized carbons (Fsp3) is 0.719. The minimum atomic E-state index is -3.00. The molecule has 1 saturated heterocycles. The molecule has 5 rings (SSSR count). The van der Waals surface area contributed by atoms with Crippen LogP contribution < -0.4 is 5.32 Å². The van der Waals surface area contributed by atoms with Crippen LogP contribution in [0.1, 0.15) is 155 Å². The van der Waals surface area contributed by atoms with Gasteiger partial charge in [0.25, 0.3) is 0 Å². The number of nitrogens with one attached hydrogen (secondary N) is 1. The van der Waals surface area contributed by atoms with Gasteiger partial charge in [-0.1, -0.05) is 107 Å². The monoisotopic (exact) mass is 1080 g/mol. The molecular formula is C57H89NO15Si2. The maximum atomic E-state index is 16.6. The molecule has 1 heterocycles. The van der Waals surface area contributed by atoms with Crippen molar-refractivity contribution in [3.8, 4) is 0 Å². The van der Waals surface area contributed by atoms with Crippen molar-refractivity contribution in [1.82, 2.24) is 5.32 Å². The summed E-state index contributed by atoms with van der Waals surface area (Å²) in [6.45, 7) is 34.4. The van der Waals surface area contributed by atoms with E-state index < -0.39 is 135 Å². The van der Waals surface area contributed by atoms with E-state index in [0.29, 0.717) is 23.7 Å². The van der Waals surface area contributed by atoms with Crippen molar-refractivity contribution in [2.45, 2.75) is 239 Å². The highest BCUT2D eigenvalue weighted by Crippen LogP contribution is 2.65. The standard InChI is InChI=1S/C57H89NO15Si2/c1-20-27-40(58-52(64)71-53(14,15)16)45(73-75(33(5)6,34(7)8)35(9)10)51(63)68-41-31-57(65)49(69-50(62)39-28-25-24-26-29-39)47-55(19,48(61)46(67-37(12)59)44(36(41)11)54(57,17)18)42(72-74(21-2,22-3)23-4)30-43-56(47,32-66-43)70-38(13)60/h20,24-29,33-35,40-43,45-47,49,65H,21-23,30-32H2,1-19H3,(H,58,64)/b27-20+/t40-,41-,42-,43+,45+,46+,47-,49-,55+,56-,57+/m0/s1. The average molecular weight is 1080 g/mol. The smallest absolute Gasteiger partial charge is 0.408 e. The van der Waals surface area contributed by atoms with Crippen molar-refractivity contribution in [2.75, 3.05) is 6.61 Å². The van der Waals surface area contributed by atoms with Crippen molar-refractivity contribution in [3.63, 3.8) is 0 Å². The second kappa shape index (κ2) is 23.0.